The molecule has 9 heteroatoms. The van der Waals surface area contributed by atoms with Crippen molar-refractivity contribution in [3.05, 3.63) is 47.3 Å². The van der Waals surface area contributed by atoms with Crippen molar-refractivity contribution in [3.8, 4) is 0 Å². The van der Waals surface area contributed by atoms with E-state index in [0.29, 0.717) is 22.4 Å². The summed E-state index contributed by atoms with van der Waals surface area (Å²) in [5.41, 5.74) is 1.27. The van der Waals surface area contributed by atoms with Crippen molar-refractivity contribution >= 4 is 28.3 Å². The molecule has 0 saturated heterocycles. The summed E-state index contributed by atoms with van der Waals surface area (Å²) < 4.78 is 40.7. The summed E-state index contributed by atoms with van der Waals surface area (Å²) in [5, 5.41) is 7.52. The van der Waals surface area contributed by atoms with E-state index < -0.39 is 17.6 Å². The Kier molecular flexibility index (Phi) is 4.54. The molecule has 2 aromatic heterocycles. The van der Waals surface area contributed by atoms with E-state index >= 15 is 0 Å². The van der Waals surface area contributed by atoms with Crippen LogP contribution in [0.4, 0.5) is 24.5 Å². The van der Waals surface area contributed by atoms with E-state index in [1.165, 1.54) is 12.3 Å². The molecule has 0 aliphatic heterocycles. The van der Waals surface area contributed by atoms with Gasteiger partial charge in [-0.3, -0.25) is 9.48 Å². The van der Waals surface area contributed by atoms with Crippen molar-refractivity contribution in [2.24, 2.45) is 7.05 Å². The summed E-state index contributed by atoms with van der Waals surface area (Å²) in [6.07, 6.45) is -3.13. The molecule has 0 saturated carbocycles. The highest BCUT2D eigenvalue weighted by Crippen LogP contribution is 2.35. The van der Waals surface area contributed by atoms with E-state index in [-0.39, 0.29) is 11.3 Å². The van der Waals surface area contributed by atoms with Gasteiger partial charge < -0.3 is 10.2 Å². The normalized spacial score (nSPS) is 11.7. The summed E-state index contributed by atoms with van der Waals surface area (Å²) >= 11 is 0. The number of carbonyl (C=O) groups excluding carboxylic acids is 1. The van der Waals surface area contributed by atoms with Crippen LogP contribution in [0.5, 0.6) is 0 Å². The Balaban J connectivity index is 1.99. The fraction of sp³-hybridized carbons (Fsp3) is 0.278. The number of fused-ring (bicyclic) bond motifs is 1. The molecule has 2 heterocycles. The number of nitrogens with zero attached hydrogens (tertiary/aromatic N) is 4. The van der Waals surface area contributed by atoms with Crippen molar-refractivity contribution in [1.82, 2.24) is 14.8 Å². The van der Waals surface area contributed by atoms with Crippen molar-refractivity contribution in [1.29, 1.82) is 0 Å². The van der Waals surface area contributed by atoms with E-state index in [1.807, 2.05) is 0 Å². The lowest BCUT2D eigenvalue weighted by Gasteiger charge is -2.19. The van der Waals surface area contributed by atoms with E-state index in [2.05, 4.69) is 15.4 Å². The van der Waals surface area contributed by atoms with Crippen LogP contribution < -0.4 is 10.2 Å². The maximum atomic E-state index is 13.0. The molecule has 0 spiro atoms. The lowest BCUT2D eigenvalue weighted by Crippen LogP contribution is -2.18. The van der Waals surface area contributed by atoms with Gasteiger partial charge in [-0.1, -0.05) is 0 Å². The first-order chi connectivity index (χ1) is 12.6. The van der Waals surface area contributed by atoms with Gasteiger partial charge in [0.05, 0.1) is 28.2 Å². The van der Waals surface area contributed by atoms with Gasteiger partial charge in [-0.15, -0.1) is 0 Å². The van der Waals surface area contributed by atoms with Crippen molar-refractivity contribution in [2.75, 3.05) is 24.3 Å². The Morgan fingerprint density at radius 1 is 1.22 bits per heavy atom. The molecule has 1 amide bonds. The monoisotopic (exact) mass is 377 g/mol. The zero-order valence-electron chi connectivity index (χ0n) is 15.2. The van der Waals surface area contributed by atoms with Crippen LogP contribution in [-0.2, 0) is 13.2 Å². The van der Waals surface area contributed by atoms with E-state index in [0.717, 1.165) is 12.1 Å². The summed E-state index contributed by atoms with van der Waals surface area (Å²) in [6, 6.07) is 4.86. The van der Waals surface area contributed by atoms with Gasteiger partial charge in [0, 0.05) is 32.7 Å². The second-order valence-corrected chi connectivity index (χ2v) is 6.38. The third kappa shape index (κ3) is 3.57. The fourth-order valence-corrected chi connectivity index (χ4v) is 2.83. The molecular formula is C18H18F3N5O. The number of carbonyl (C=O) groups is 1. The number of pyridine rings is 1. The van der Waals surface area contributed by atoms with Crippen LogP contribution in [0, 0.1) is 6.92 Å². The third-order valence-corrected chi connectivity index (χ3v) is 4.18. The minimum absolute atomic E-state index is 0.0721. The van der Waals surface area contributed by atoms with Crippen LogP contribution in [-0.4, -0.2) is 34.8 Å². The SMILES string of the molecule is Cc1nn(C)c2ncc(C(=O)Nc3cc(C(F)(F)F)ccc3N(C)C)cc12. The predicted molar refractivity (Wildman–Crippen MR) is 97.0 cm³/mol. The maximum absolute atomic E-state index is 13.0. The van der Waals surface area contributed by atoms with Gasteiger partial charge in [0.1, 0.15) is 0 Å². The average molecular weight is 377 g/mol. The number of nitrogens with one attached hydrogen (secondary N) is 1. The molecule has 0 unspecified atom stereocenters. The summed E-state index contributed by atoms with van der Waals surface area (Å²) in [4.78, 5) is 18.5. The minimum Gasteiger partial charge on any atom is -0.376 e. The van der Waals surface area contributed by atoms with Crippen molar-refractivity contribution < 1.29 is 18.0 Å². The number of amides is 1. The first-order valence-corrected chi connectivity index (χ1v) is 8.07. The molecule has 3 rings (SSSR count). The smallest absolute Gasteiger partial charge is 0.376 e. The lowest BCUT2D eigenvalue weighted by molar-refractivity contribution is -0.137. The van der Waals surface area contributed by atoms with Gasteiger partial charge in [0.15, 0.2) is 5.65 Å². The Bertz CT molecular complexity index is 1020. The standard InChI is InChI=1S/C18H18F3N5O/c1-10-13-7-11(9-22-16(13)26(4)24-10)17(27)23-14-8-12(18(19,20)21)5-6-15(14)25(2)3/h5-9H,1-4H3,(H,23,27). The molecule has 0 radical (unpaired) electrons. The number of alkyl halides is 3. The zero-order valence-corrected chi connectivity index (χ0v) is 15.2. The Morgan fingerprint density at radius 2 is 1.93 bits per heavy atom. The highest BCUT2D eigenvalue weighted by molar-refractivity contribution is 6.07. The zero-order chi connectivity index (χ0) is 19.9. The molecule has 0 aliphatic carbocycles. The Hall–Kier alpha value is -3.10. The Morgan fingerprint density at radius 3 is 2.56 bits per heavy atom. The topological polar surface area (TPSA) is 63.1 Å². The number of benzene rings is 1. The van der Waals surface area contributed by atoms with Gasteiger partial charge in [-0.2, -0.15) is 18.3 Å². The fourth-order valence-electron chi connectivity index (χ4n) is 2.83. The number of rotatable bonds is 3. The molecule has 6 nitrogen and oxygen atoms in total. The van der Waals surface area contributed by atoms with Crippen LogP contribution in [0.15, 0.2) is 30.5 Å². The summed E-state index contributed by atoms with van der Waals surface area (Å²) in [6.45, 7) is 1.79. The quantitative estimate of drug-likeness (QED) is 0.757. The third-order valence-electron chi connectivity index (χ3n) is 4.18. The number of halogens is 3. The predicted octanol–water partition coefficient (Wildman–Crippen LogP) is 3.61. The second-order valence-electron chi connectivity index (χ2n) is 6.38. The lowest BCUT2D eigenvalue weighted by atomic mass is 10.1. The maximum Gasteiger partial charge on any atom is 0.416 e. The molecule has 27 heavy (non-hydrogen) atoms. The van der Waals surface area contributed by atoms with Gasteiger partial charge >= 0.3 is 6.18 Å². The van der Waals surface area contributed by atoms with Gasteiger partial charge in [0.2, 0.25) is 0 Å². The first-order valence-electron chi connectivity index (χ1n) is 8.07. The molecule has 3 aromatic rings. The molecule has 142 valence electrons. The number of hydrogen-bond donors (Lipinski definition) is 1. The van der Waals surface area contributed by atoms with Crippen LogP contribution in [0.1, 0.15) is 21.6 Å². The number of hydrogen-bond acceptors (Lipinski definition) is 4. The molecule has 0 fully saturated rings. The highest BCUT2D eigenvalue weighted by atomic mass is 19.4. The average Bonchev–Trinajstić information content (AvgIpc) is 2.87. The van der Waals surface area contributed by atoms with Crippen LogP contribution in [0.25, 0.3) is 11.0 Å². The first kappa shape index (κ1) is 18.7. The largest absolute Gasteiger partial charge is 0.416 e. The van der Waals surface area contributed by atoms with Crippen LogP contribution in [0.2, 0.25) is 0 Å². The second kappa shape index (κ2) is 6.57. The minimum atomic E-state index is -4.50. The van der Waals surface area contributed by atoms with E-state index in [4.69, 9.17) is 0 Å². The van der Waals surface area contributed by atoms with Crippen molar-refractivity contribution in [2.45, 2.75) is 13.1 Å². The molecule has 0 aliphatic rings. The molecular weight excluding hydrogens is 359 g/mol. The van der Waals surface area contributed by atoms with Gasteiger partial charge in [-0.05, 0) is 31.2 Å². The van der Waals surface area contributed by atoms with Crippen molar-refractivity contribution in [3.63, 3.8) is 0 Å². The van der Waals surface area contributed by atoms with Gasteiger partial charge in [-0.25, -0.2) is 4.98 Å². The molecule has 0 bridgehead atoms. The number of aryl methyl sites for hydroxylation is 2. The van der Waals surface area contributed by atoms with Crippen LogP contribution in [0.3, 0.4) is 0 Å². The highest BCUT2D eigenvalue weighted by Gasteiger charge is 2.31. The van der Waals surface area contributed by atoms with E-state index in [1.54, 1.807) is 43.7 Å². The molecule has 0 atom stereocenters. The number of aromatic nitrogens is 3. The Labute approximate surface area is 153 Å². The summed E-state index contributed by atoms with van der Waals surface area (Å²) in [7, 11) is 5.11. The molecule has 1 aromatic carbocycles. The molecule has 1 N–H and O–H groups in total. The van der Waals surface area contributed by atoms with E-state index in [9.17, 15) is 18.0 Å². The summed E-state index contributed by atoms with van der Waals surface area (Å²) in [5.74, 6) is -0.546. The van der Waals surface area contributed by atoms with Crippen LogP contribution >= 0.6 is 0 Å². The van der Waals surface area contributed by atoms with Gasteiger partial charge in [0.25, 0.3) is 5.91 Å². The number of anilines is 2.